The normalized spacial score (nSPS) is 17.5. The van der Waals surface area contributed by atoms with E-state index in [-0.39, 0.29) is 16.6 Å². The lowest BCUT2D eigenvalue weighted by atomic mass is 9.93. The van der Waals surface area contributed by atoms with Crippen molar-refractivity contribution in [1.29, 1.82) is 0 Å². The monoisotopic (exact) mass is 280 g/mol. The van der Waals surface area contributed by atoms with Gasteiger partial charge in [-0.25, -0.2) is 13.4 Å². The third kappa shape index (κ3) is 3.32. The zero-order valence-corrected chi connectivity index (χ0v) is 11.6. The largest absolute Gasteiger partial charge is 0.357 e. The van der Waals surface area contributed by atoms with Crippen molar-refractivity contribution in [2.24, 2.45) is 5.92 Å². The van der Waals surface area contributed by atoms with Crippen LogP contribution in [-0.4, -0.2) is 38.5 Å². The molecule has 2 heterocycles. The van der Waals surface area contributed by atoms with Gasteiger partial charge in [0, 0.05) is 38.4 Å². The molecule has 0 saturated carbocycles. The second-order valence-corrected chi connectivity index (χ2v) is 6.80. The summed E-state index contributed by atoms with van der Waals surface area (Å²) in [5, 5.41) is 0. The first-order valence-corrected chi connectivity index (χ1v) is 7.97. The molecule has 2 rings (SSSR count). The van der Waals surface area contributed by atoms with Crippen LogP contribution in [0, 0.1) is 12.8 Å². The van der Waals surface area contributed by atoms with Crippen LogP contribution < -0.4 is 4.90 Å². The predicted molar refractivity (Wildman–Crippen MR) is 71.6 cm³/mol. The highest BCUT2D eigenvalue weighted by Crippen LogP contribution is 2.22. The molecule has 0 unspecified atom stereocenters. The lowest BCUT2D eigenvalue weighted by Gasteiger charge is -2.31. The molecule has 0 amide bonds. The molecule has 102 valence electrons. The molecule has 1 aliphatic heterocycles. The maximum absolute atomic E-state index is 11.3. The van der Waals surface area contributed by atoms with E-state index in [1.165, 1.54) is 6.20 Å². The van der Waals surface area contributed by atoms with Crippen molar-refractivity contribution in [2.45, 2.75) is 17.7 Å². The highest BCUT2D eigenvalue weighted by Gasteiger charge is 2.23. The number of aromatic nitrogens is 1. The van der Waals surface area contributed by atoms with Gasteiger partial charge in [0.2, 0.25) is 0 Å². The Morgan fingerprint density at radius 1 is 1.37 bits per heavy atom. The first-order valence-electron chi connectivity index (χ1n) is 6.08. The third-order valence-electron chi connectivity index (χ3n) is 3.37. The van der Waals surface area contributed by atoms with Gasteiger partial charge in [0.25, 0.3) is 0 Å². The van der Waals surface area contributed by atoms with Crippen LogP contribution in [0.25, 0.3) is 0 Å². The predicted octanol–water partition coefficient (Wildman–Crippen LogP) is 0.982. The summed E-state index contributed by atoms with van der Waals surface area (Å²) in [5.41, 5.74) is 0. The van der Waals surface area contributed by atoms with Gasteiger partial charge in [-0.1, -0.05) is 0 Å². The number of carbonyl (C=O) groups excluding carboxylic acids is 1. The van der Waals surface area contributed by atoms with Crippen molar-refractivity contribution in [2.75, 3.05) is 24.2 Å². The highest BCUT2D eigenvalue weighted by molar-refractivity contribution is 7.90. The van der Waals surface area contributed by atoms with Crippen molar-refractivity contribution in [3.8, 4) is 0 Å². The van der Waals surface area contributed by atoms with Crippen molar-refractivity contribution >= 4 is 21.4 Å². The van der Waals surface area contributed by atoms with Gasteiger partial charge < -0.3 is 4.90 Å². The van der Waals surface area contributed by atoms with E-state index in [1.807, 2.05) is 4.90 Å². The fourth-order valence-electron chi connectivity index (χ4n) is 2.17. The number of hydrogen-bond donors (Lipinski definition) is 0. The quantitative estimate of drug-likeness (QED) is 0.825. The number of Topliss-reactive ketones (excluding diaryl/α,β-unsaturated/α-hetero) is 1. The molecule has 19 heavy (non-hydrogen) atoms. The Balaban J connectivity index is 2.06. The SMILES string of the molecule is [CH]C(=O)C1CCN(c2ccc(S(C)(=O)=O)cn2)CC1. The van der Waals surface area contributed by atoms with Gasteiger partial charge in [0.05, 0.1) is 4.90 Å². The van der Waals surface area contributed by atoms with Crippen LogP contribution >= 0.6 is 0 Å². The molecule has 1 aromatic rings. The van der Waals surface area contributed by atoms with Gasteiger partial charge in [0.15, 0.2) is 9.84 Å². The Hall–Kier alpha value is -1.43. The van der Waals surface area contributed by atoms with Crippen LogP contribution in [0.3, 0.4) is 0 Å². The van der Waals surface area contributed by atoms with Crippen molar-refractivity contribution in [3.63, 3.8) is 0 Å². The number of sulfone groups is 1. The minimum Gasteiger partial charge on any atom is -0.357 e. The molecule has 0 N–H and O–H groups in total. The molecule has 0 aliphatic carbocycles. The van der Waals surface area contributed by atoms with Gasteiger partial charge in [-0.15, -0.1) is 0 Å². The first kappa shape index (κ1) is 14.0. The minimum absolute atomic E-state index is 0.0634. The average Bonchev–Trinajstić information content (AvgIpc) is 2.38. The Bertz CT molecular complexity index is 558. The van der Waals surface area contributed by atoms with E-state index in [0.29, 0.717) is 25.9 Å². The van der Waals surface area contributed by atoms with Crippen LogP contribution in [0.1, 0.15) is 12.8 Å². The summed E-state index contributed by atoms with van der Waals surface area (Å²) in [6, 6.07) is 3.25. The first-order chi connectivity index (χ1) is 8.88. The Morgan fingerprint density at radius 2 is 2.00 bits per heavy atom. The van der Waals surface area contributed by atoms with Crippen LogP contribution in [0.15, 0.2) is 23.2 Å². The van der Waals surface area contributed by atoms with E-state index in [9.17, 15) is 13.2 Å². The summed E-state index contributed by atoms with van der Waals surface area (Å²) >= 11 is 0. The molecule has 0 atom stereocenters. The zero-order valence-electron chi connectivity index (χ0n) is 10.7. The Kier molecular flexibility index (Phi) is 3.89. The maximum atomic E-state index is 11.3. The molecular weight excluding hydrogens is 264 g/mol. The Morgan fingerprint density at radius 3 is 2.42 bits per heavy atom. The highest BCUT2D eigenvalue weighted by atomic mass is 32.2. The summed E-state index contributed by atoms with van der Waals surface area (Å²) in [4.78, 5) is 17.5. The summed E-state index contributed by atoms with van der Waals surface area (Å²) in [7, 11) is -3.21. The average molecular weight is 280 g/mol. The number of hydrogen-bond acceptors (Lipinski definition) is 5. The van der Waals surface area contributed by atoms with Gasteiger partial charge in [-0.2, -0.15) is 0 Å². The Labute approximate surface area is 113 Å². The van der Waals surface area contributed by atoms with E-state index in [4.69, 9.17) is 6.92 Å². The van der Waals surface area contributed by atoms with E-state index >= 15 is 0 Å². The number of ketones is 1. The maximum Gasteiger partial charge on any atom is 0.177 e. The lowest BCUT2D eigenvalue weighted by molar-refractivity contribution is -0.119. The fourth-order valence-corrected chi connectivity index (χ4v) is 2.73. The second-order valence-electron chi connectivity index (χ2n) is 4.79. The number of pyridine rings is 1. The number of nitrogens with zero attached hydrogens (tertiary/aromatic N) is 2. The topological polar surface area (TPSA) is 67.3 Å². The van der Waals surface area contributed by atoms with Crippen LogP contribution in [0.4, 0.5) is 5.82 Å². The van der Waals surface area contributed by atoms with E-state index in [0.717, 1.165) is 12.1 Å². The van der Waals surface area contributed by atoms with Crippen LogP contribution in [-0.2, 0) is 14.6 Å². The molecule has 0 aromatic carbocycles. The summed E-state index contributed by atoms with van der Waals surface area (Å²) in [6.45, 7) is 6.69. The van der Waals surface area contributed by atoms with Gasteiger partial charge in [0.1, 0.15) is 11.6 Å². The molecule has 1 aliphatic rings. The van der Waals surface area contributed by atoms with Crippen molar-refractivity contribution < 1.29 is 13.2 Å². The van der Waals surface area contributed by atoms with Crippen LogP contribution in [0.5, 0.6) is 0 Å². The standard InChI is InChI=1S/C13H16N2O3S/c1-10(16)11-5-7-15(8-6-11)13-4-3-12(9-14-13)19(2,17)18/h1,3-4,9,11H,5-8H2,2H3. The zero-order chi connectivity index (χ0) is 14.0. The van der Waals surface area contributed by atoms with E-state index < -0.39 is 9.84 Å². The number of rotatable bonds is 3. The minimum atomic E-state index is -3.21. The molecule has 1 aromatic heterocycles. The van der Waals surface area contributed by atoms with Crippen molar-refractivity contribution in [3.05, 3.63) is 25.3 Å². The smallest absolute Gasteiger partial charge is 0.177 e. The molecule has 1 fully saturated rings. The third-order valence-corrected chi connectivity index (χ3v) is 4.47. The lowest BCUT2D eigenvalue weighted by Crippen LogP contribution is -2.36. The summed E-state index contributed by atoms with van der Waals surface area (Å²) in [5.74, 6) is 0.418. The molecule has 5 nitrogen and oxygen atoms in total. The van der Waals surface area contributed by atoms with Crippen LogP contribution in [0.2, 0.25) is 0 Å². The van der Waals surface area contributed by atoms with E-state index in [2.05, 4.69) is 4.98 Å². The van der Waals surface area contributed by atoms with E-state index in [1.54, 1.807) is 12.1 Å². The number of carbonyl (C=O) groups is 1. The molecule has 6 heteroatoms. The molecule has 1 saturated heterocycles. The summed E-state index contributed by atoms with van der Waals surface area (Å²) in [6.07, 6.45) is 3.95. The van der Waals surface area contributed by atoms with Gasteiger partial charge >= 0.3 is 0 Å². The molecule has 0 bridgehead atoms. The molecule has 0 spiro atoms. The summed E-state index contributed by atoms with van der Waals surface area (Å²) < 4.78 is 22.7. The van der Waals surface area contributed by atoms with Crippen molar-refractivity contribution in [1.82, 2.24) is 4.98 Å². The number of piperidine rings is 1. The number of anilines is 1. The second kappa shape index (κ2) is 5.28. The molecule has 2 radical (unpaired) electrons. The van der Waals surface area contributed by atoms with Gasteiger partial charge in [-0.05, 0) is 25.0 Å². The molecular formula is C13H16N2O3S. The fraction of sp³-hybridized carbons (Fsp3) is 0.462. The van der Waals surface area contributed by atoms with Gasteiger partial charge in [-0.3, -0.25) is 4.79 Å².